The van der Waals surface area contributed by atoms with Gasteiger partial charge in [0, 0.05) is 24.2 Å². The zero-order valence-corrected chi connectivity index (χ0v) is 8.09. The van der Waals surface area contributed by atoms with E-state index in [1.54, 1.807) is 18.6 Å². The summed E-state index contributed by atoms with van der Waals surface area (Å²) in [5.41, 5.74) is 2.88. The van der Waals surface area contributed by atoms with Crippen molar-refractivity contribution in [2.75, 3.05) is 0 Å². The molecule has 0 aliphatic heterocycles. The molecular weight excluding hydrogens is 186 g/mol. The second kappa shape index (κ2) is 4.34. The third kappa shape index (κ3) is 2.18. The van der Waals surface area contributed by atoms with Gasteiger partial charge in [-0.3, -0.25) is 9.97 Å². The quantitative estimate of drug-likeness (QED) is 0.738. The summed E-state index contributed by atoms with van der Waals surface area (Å²) in [5, 5.41) is 8.60. The van der Waals surface area contributed by atoms with Crippen LogP contribution in [0, 0.1) is 11.3 Å². The fourth-order valence-corrected chi connectivity index (χ4v) is 1.36. The summed E-state index contributed by atoms with van der Waals surface area (Å²) in [7, 11) is 0. The molecule has 0 aromatic carbocycles. The molecule has 2 heterocycles. The van der Waals surface area contributed by atoms with E-state index in [2.05, 4.69) is 16.0 Å². The van der Waals surface area contributed by atoms with E-state index in [0.717, 1.165) is 16.8 Å². The molecule has 0 fully saturated rings. The minimum Gasteiger partial charge on any atom is -0.265 e. The fourth-order valence-electron chi connectivity index (χ4n) is 1.36. The van der Waals surface area contributed by atoms with Crippen molar-refractivity contribution in [1.82, 2.24) is 9.97 Å². The Morgan fingerprint density at radius 3 is 2.67 bits per heavy atom. The normalized spacial score (nSPS) is 9.53. The van der Waals surface area contributed by atoms with Crippen LogP contribution in [0.2, 0.25) is 0 Å². The number of aromatic nitrogens is 2. The molecule has 0 unspecified atom stereocenters. The Kier molecular flexibility index (Phi) is 2.70. The van der Waals surface area contributed by atoms with Crippen LogP contribution in [-0.4, -0.2) is 9.97 Å². The maximum Gasteiger partial charge on any atom is 0.0706 e. The van der Waals surface area contributed by atoms with E-state index < -0.39 is 0 Å². The third-order valence-corrected chi connectivity index (χ3v) is 2.08. The van der Waals surface area contributed by atoms with E-state index in [1.165, 1.54) is 0 Å². The lowest BCUT2D eigenvalue weighted by Crippen LogP contribution is -1.87. The Morgan fingerprint density at radius 2 is 1.93 bits per heavy atom. The van der Waals surface area contributed by atoms with Crippen LogP contribution < -0.4 is 0 Å². The van der Waals surface area contributed by atoms with Crippen LogP contribution >= 0.6 is 0 Å². The molecule has 3 heteroatoms. The van der Waals surface area contributed by atoms with Crippen molar-refractivity contribution in [3.8, 4) is 17.3 Å². The highest BCUT2D eigenvalue weighted by Crippen LogP contribution is 2.16. The molecule has 0 N–H and O–H groups in total. The highest BCUT2D eigenvalue weighted by Gasteiger charge is 1.99. The third-order valence-electron chi connectivity index (χ3n) is 2.08. The standard InChI is InChI=1S/C12H9N3/c13-5-1-10-2-8-15-12(9-10)11-3-6-14-7-4-11/h2-4,6-9H,1H2. The lowest BCUT2D eigenvalue weighted by atomic mass is 10.1. The van der Waals surface area contributed by atoms with Gasteiger partial charge in [-0.25, -0.2) is 0 Å². The Bertz CT molecular complexity index is 486. The molecule has 15 heavy (non-hydrogen) atoms. The van der Waals surface area contributed by atoms with Crippen molar-refractivity contribution in [2.24, 2.45) is 0 Å². The first kappa shape index (κ1) is 9.35. The molecule has 2 rings (SSSR count). The summed E-state index contributed by atoms with van der Waals surface area (Å²) in [4.78, 5) is 8.20. The first-order valence-corrected chi connectivity index (χ1v) is 4.62. The molecule has 0 aliphatic carbocycles. The van der Waals surface area contributed by atoms with Crippen molar-refractivity contribution in [1.29, 1.82) is 5.26 Å². The molecule has 0 bridgehead atoms. The highest BCUT2D eigenvalue weighted by molar-refractivity contribution is 5.58. The number of rotatable bonds is 2. The minimum atomic E-state index is 0.417. The Balaban J connectivity index is 2.38. The molecule has 3 nitrogen and oxygen atoms in total. The van der Waals surface area contributed by atoms with E-state index in [4.69, 9.17) is 5.26 Å². The monoisotopic (exact) mass is 195 g/mol. The highest BCUT2D eigenvalue weighted by atomic mass is 14.7. The van der Waals surface area contributed by atoms with Crippen LogP contribution in [0.15, 0.2) is 42.9 Å². The van der Waals surface area contributed by atoms with E-state index in [1.807, 2.05) is 24.3 Å². The van der Waals surface area contributed by atoms with Gasteiger partial charge in [0.05, 0.1) is 18.2 Å². The van der Waals surface area contributed by atoms with Crippen molar-refractivity contribution in [2.45, 2.75) is 6.42 Å². The number of pyridine rings is 2. The maximum atomic E-state index is 8.60. The van der Waals surface area contributed by atoms with Crippen LogP contribution in [0.1, 0.15) is 5.56 Å². The molecule has 0 saturated carbocycles. The van der Waals surface area contributed by atoms with Gasteiger partial charge < -0.3 is 0 Å². The predicted molar refractivity (Wildman–Crippen MR) is 56.8 cm³/mol. The van der Waals surface area contributed by atoms with Gasteiger partial charge >= 0.3 is 0 Å². The first-order valence-electron chi connectivity index (χ1n) is 4.62. The molecule has 0 saturated heterocycles. The van der Waals surface area contributed by atoms with Crippen molar-refractivity contribution < 1.29 is 0 Å². The van der Waals surface area contributed by atoms with Gasteiger partial charge in [-0.2, -0.15) is 5.26 Å². The molecule has 0 spiro atoms. The van der Waals surface area contributed by atoms with Crippen molar-refractivity contribution in [3.63, 3.8) is 0 Å². The van der Waals surface area contributed by atoms with Gasteiger partial charge in [0.2, 0.25) is 0 Å². The second-order valence-corrected chi connectivity index (χ2v) is 3.12. The number of nitrogens with zero attached hydrogens (tertiary/aromatic N) is 3. The Morgan fingerprint density at radius 1 is 1.13 bits per heavy atom. The maximum absolute atomic E-state index is 8.60. The van der Waals surface area contributed by atoms with E-state index in [-0.39, 0.29) is 0 Å². The van der Waals surface area contributed by atoms with Crippen molar-refractivity contribution in [3.05, 3.63) is 48.4 Å². The summed E-state index contributed by atoms with van der Waals surface area (Å²) in [5.74, 6) is 0. The molecule has 72 valence electrons. The summed E-state index contributed by atoms with van der Waals surface area (Å²) >= 11 is 0. The zero-order chi connectivity index (χ0) is 10.5. The molecule has 0 radical (unpaired) electrons. The average molecular weight is 195 g/mol. The molecule has 2 aromatic rings. The van der Waals surface area contributed by atoms with Gasteiger partial charge in [0.1, 0.15) is 0 Å². The van der Waals surface area contributed by atoms with Crippen LogP contribution in [0.4, 0.5) is 0 Å². The lowest BCUT2D eigenvalue weighted by molar-refractivity contribution is 1.21. The number of nitriles is 1. The lowest BCUT2D eigenvalue weighted by Gasteiger charge is -2.01. The van der Waals surface area contributed by atoms with E-state index in [9.17, 15) is 0 Å². The van der Waals surface area contributed by atoms with Crippen LogP contribution in [0.5, 0.6) is 0 Å². The molecule has 0 atom stereocenters. The second-order valence-electron chi connectivity index (χ2n) is 3.12. The van der Waals surface area contributed by atoms with Crippen LogP contribution in [0.3, 0.4) is 0 Å². The molecular formula is C12H9N3. The number of hydrogen-bond acceptors (Lipinski definition) is 3. The summed E-state index contributed by atoms with van der Waals surface area (Å²) in [6.07, 6.45) is 5.60. The van der Waals surface area contributed by atoms with Gasteiger partial charge in [-0.15, -0.1) is 0 Å². The summed E-state index contributed by atoms with van der Waals surface area (Å²) in [6.45, 7) is 0. The number of hydrogen-bond donors (Lipinski definition) is 0. The van der Waals surface area contributed by atoms with Crippen LogP contribution in [0.25, 0.3) is 11.3 Å². The van der Waals surface area contributed by atoms with Gasteiger partial charge in [0.15, 0.2) is 0 Å². The first-order chi connectivity index (χ1) is 7.40. The van der Waals surface area contributed by atoms with E-state index in [0.29, 0.717) is 6.42 Å². The Labute approximate surface area is 88.1 Å². The van der Waals surface area contributed by atoms with Crippen LogP contribution in [-0.2, 0) is 6.42 Å². The van der Waals surface area contributed by atoms with Gasteiger partial charge in [-0.05, 0) is 29.8 Å². The average Bonchev–Trinajstić information content (AvgIpc) is 2.31. The molecule has 2 aromatic heterocycles. The molecule has 0 amide bonds. The Hall–Kier alpha value is -2.21. The topological polar surface area (TPSA) is 49.6 Å². The van der Waals surface area contributed by atoms with E-state index >= 15 is 0 Å². The summed E-state index contributed by atoms with van der Waals surface area (Å²) in [6, 6.07) is 9.71. The zero-order valence-electron chi connectivity index (χ0n) is 8.09. The van der Waals surface area contributed by atoms with Gasteiger partial charge in [0.25, 0.3) is 0 Å². The molecule has 0 aliphatic rings. The van der Waals surface area contributed by atoms with Gasteiger partial charge in [-0.1, -0.05) is 0 Å². The largest absolute Gasteiger partial charge is 0.265 e. The predicted octanol–water partition coefficient (Wildman–Crippen LogP) is 2.21. The smallest absolute Gasteiger partial charge is 0.0706 e. The minimum absolute atomic E-state index is 0.417. The SMILES string of the molecule is N#CCc1ccnc(-c2ccncc2)c1. The fraction of sp³-hybridized carbons (Fsp3) is 0.0833. The van der Waals surface area contributed by atoms with Crippen molar-refractivity contribution >= 4 is 0 Å². The summed E-state index contributed by atoms with van der Waals surface area (Å²) < 4.78 is 0.